The fourth-order valence-corrected chi connectivity index (χ4v) is 1.43. The summed E-state index contributed by atoms with van der Waals surface area (Å²) >= 11 is 0. The quantitative estimate of drug-likeness (QED) is 0.564. The number of rotatable bonds is 9. The van der Waals surface area contributed by atoms with Gasteiger partial charge in [0.1, 0.15) is 0 Å². The summed E-state index contributed by atoms with van der Waals surface area (Å²) in [5.41, 5.74) is 0. The smallest absolute Gasteiger partial charge is 0.322 e. The van der Waals surface area contributed by atoms with Gasteiger partial charge in [0, 0.05) is 20.2 Å². The van der Waals surface area contributed by atoms with Gasteiger partial charge in [-0.1, -0.05) is 12.8 Å². The highest BCUT2D eigenvalue weighted by atomic mass is 16.5. The van der Waals surface area contributed by atoms with E-state index in [0.29, 0.717) is 11.9 Å². The van der Waals surface area contributed by atoms with E-state index < -0.39 is 0 Å². The zero-order valence-electron chi connectivity index (χ0n) is 10.9. The summed E-state index contributed by atoms with van der Waals surface area (Å²) in [6.45, 7) is 1.06. The molecule has 0 radical (unpaired) electrons. The molecule has 0 aliphatic rings. The van der Waals surface area contributed by atoms with Crippen molar-refractivity contribution in [2.45, 2.75) is 25.7 Å². The molecule has 1 aromatic heterocycles. The molecular weight excluding hydrogens is 234 g/mol. The standard InChI is InChI=1S/C11H21N5O2/c1-12-9-14-10(16-11(15-9)18-2)13-7-5-3-4-6-8-17/h17H,3-8H2,1-2H3,(H2,12,13,14,15,16). The molecule has 0 saturated heterocycles. The number of anilines is 2. The van der Waals surface area contributed by atoms with Gasteiger partial charge in [0.25, 0.3) is 0 Å². The van der Waals surface area contributed by atoms with Gasteiger partial charge in [-0.3, -0.25) is 0 Å². The van der Waals surface area contributed by atoms with Crippen LogP contribution in [-0.2, 0) is 0 Å². The van der Waals surface area contributed by atoms with Crippen molar-refractivity contribution in [3.8, 4) is 6.01 Å². The van der Waals surface area contributed by atoms with Gasteiger partial charge in [-0.15, -0.1) is 0 Å². The van der Waals surface area contributed by atoms with Crippen LogP contribution in [0.25, 0.3) is 0 Å². The highest BCUT2D eigenvalue weighted by molar-refractivity contribution is 5.35. The molecule has 0 saturated carbocycles. The maximum atomic E-state index is 8.65. The minimum atomic E-state index is 0.267. The number of aliphatic hydroxyl groups is 1. The van der Waals surface area contributed by atoms with Crippen LogP contribution in [0.2, 0.25) is 0 Å². The Bertz CT molecular complexity index is 326. The second-order valence-corrected chi connectivity index (χ2v) is 3.78. The fourth-order valence-electron chi connectivity index (χ4n) is 1.43. The second kappa shape index (κ2) is 8.46. The van der Waals surface area contributed by atoms with E-state index in [9.17, 15) is 0 Å². The zero-order valence-corrected chi connectivity index (χ0v) is 10.9. The van der Waals surface area contributed by atoms with Gasteiger partial charge in [-0.25, -0.2) is 0 Å². The number of hydrogen-bond acceptors (Lipinski definition) is 7. The Morgan fingerprint density at radius 1 is 1.06 bits per heavy atom. The molecule has 0 fully saturated rings. The third-order valence-corrected chi connectivity index (χ3v) is 2.39. The highest BCUT2D eigenvalue weighted by Crippen LogP contribution is 2.10. The highest BCUT2D eigenvalue weighted by Gasteiger charge is 2.04. The SMILES string of the molecule is CNc1nc(NCCCCCCO)nc(OC)n1. The number of nitrogens with zero attached hydrogens (tertiary/aromatic N) is 3. The van der Waals surface area contributed by atoms with Gasteiger partial charge in [-0.2, -0.15) is 15.0 Å². The molecule has 0 aliphatic carbocycles. The van der Waals surface area contributed by atoms with Crippen molar-refractivity contribution in [1.82, 2.24) is 15.0 Å². The predicted molar refractivity (Wildman–Crippen MR) is 70.0 cm³/mol. The van der Waals surface area contributed by atoms with Crippen LogP contribution >= 0.6 is 0 Å². The molecule has 0 unspecified atom stereocenters. The van der Waals surface area contributed by atoms with Crippen LogP contribution in [0.4, 0.5) is 11.9 Å². The molecule has 18 heavy (non-hydrogen) atoms. The van der Waals surface area contributed by atoms with Gasteiger partial charge in [0.15, 0.2) is 0 Å². The molecule has 1 aromatic rings. The molecule has 1 rings (SSSR count). The molecular formula is C11H21N5O2. The van der Waals surface area contributed by atoms with E-state index >= 15 is 0 Å². The van der Waals surface area contributed by atoms with Crippen LogP contribution in [0.3, 0.4) is 0 Å². The zero-order chi connectivity index (χ0) is 13.2. The number of ether oxygens (including phenoxy) is 1. The van der Waals surface area contributed by atoms with Gasteiger partial charge in [0.2, 0.25) is 11.9 Å². The molecule has 7 heteroatoms. The molecule has 1 heterocycles. The lowest BCUT2D eigenvalue weighted by Crippen LogP contribution is -2.09. The minimum Gasteiger partial charge on any atom is -0.467 e. The number of methoxy groups -OCH3 is 1. The lowest BCUT2D eigenvalue weighted by Gasteiger charge is -2.07. The summed E-state index contributed by atoms with van der Waals surface area (Å²) in [7, 11) is 3.26. The average Bonchev–Trinajstić information content (AvgIpc) is 2.42. The van der Waals surface area contributed by atoms with E-state index in [1.165, 1.54) is 7.11 Å². The number of unbranched alkanes of at least 4 members (excludes halogenated alkanes) is 3. The summed E-state index contributed by atoms with van der Waals surface area (Å²) in [6, 6.07) is 0.289. The Kier molecular flexibility index (Phi) is 6.78. The number of hydrogen-bond donors (Lipinski definition) is 3. The Morgan fingerprint density at radius 3 is 2.44 bits per heavy atom. The lowest BCUT2D eigenvalue weighted by atomic mass is 10.2. The van der Waals surface area contributed by atoms with Crippen LogP contribution in [-0.4, -0.2) is 47.4 Å². The van der Waals surface area contributed by atoms with E-state index in [1.807, 2.05) is 0 Å². The Balaban J connectivity index is 2.36. The molecule has 0 aliphatic heterocycles. The van der Waals surface area contributed by atoms with Crippen molar-refractivity contribution in [2.24, 2.45) is 0 Å². The maximum absolute atomic E-state index is 8.65. The summed E-state index contributed by atoms with van der Waals surface area (Å²) in [4.78, 5) is 12.3. The first-order valence-corrected chi connectivity index (χ1v) is 6.12. The minimum absolute atomic E-state index is 0.267. The molecule has 0 bridgehead atoms. The van der Waals surface area contributed by atoms with Crippen molar-refractivity contribution < 1.29 is 9.84 Å². The average molecular weight is 255 g/mol. The topological polar surface area (TPSA) is 92.2 Å². The van der Waals surface area contributed by atoms with Crippen molar-refractivity contribution in [2.75, 3.05) is 37.9 Å². The fraction of sp³-hybridized carbons (Fsp3) is 0.727. The van der Waals surface area contributed by atoms with Crippen LogP contribution in [0.15, 0.2) is 0 Å². The molecule has 7 nitrogen and oxygen atoms in total. The summed E-state index contributed by atoms with van der Waals surface area (Å²) in [5.74, 6) is 0.984. The summed E-state index contributed by atoms with van der Waals surface area (Å²) < 4.78 is 4.99. The molecule has 0 aromatic carbocycles. The van der Waals surface area contributed by atoms with Crippen LogP contribution in [0.5, 0.6) is 6.01 Å². The predicted octanol–water partition coefficient (Wildman–Crippen LogP) is 0.886. The first-order chi connectivity index (χ1) is 8.80. The Hall–Kier alpha value is -1.63. The number of aliphatic hydroxyl groups excluding tert-OH is 1. The van der Waals surface area contributed by atoms with Crippen LogP contribution in [0, 0.1) is 0 Å². The Labute approximate surface area is 107 Å². The molecule has 102 valence electrons. The first kappa shape index (κ1) is 14.4. The van der Waals surface area contributed by atoms with Crippen molar-refractivity contribution in [3.63, 3.8) is 0 Å². The van der Waals surface area contributed by atoms with E-state index in [0.717, 1.165) is 32.2 Å². The normalized spacial score (nSPS) is 10.2. The van der Waals surface area contributed by atoms with Crippen molar-refractivity contribution in [1.29, 1.82) is 0 Å². The van der Waals surface area contributed by atoms with Gasteiger partial charge >= 0.3 is 6.01 Å². The molecule has 0 amide bonds. The lowest BCUT2D eigenvalue weighted by molar-refractivity contribution is 0.283. The monoisotopic (exact) mass is 255 g/mol. The van der Waals surface area contributed by atoms with Gasteiger partial charge < -0.3 is 20.5 Å². The maximum Gasteiger partial charge on any atom is 0.322 e. The molecule has 0 atom stereocenters. The van der Waals surface area contributed by atoms with Gasteiger partial charge in [0.05, 0.1) is 7.11 Å². The van der Waals surface area contributed by atoms with Crippen molar-refractivity contribution in [3.05, 3.63) is 0 Å². The van der Waals surface area contributed by atoms with Crippen molar-refractivity contribution >= 4 is 11.9 Å². The van der Waals surface area contributed by atoms with E-state index in [4.69, 9.17) is 9.84 Å². The largest absolute Gasteiger partial charge is 0.467 e. The second-order valence-electron chi connectivity index (χ2n) is 3.78. The van der Waals surface area contributed by atoms with Crippen LogP contribution in [0.1, 0.15) is 25.7 Å². The first-order valence-electron chi connectivity index (χ1n) is 6.12. The van der Waals surface area contributed by atoms with Crippen LogP contribution < -0.4 is 15.4 Å². The van der Waals surface area contributed by atoms with E-state index in [-0.39, 0.29) is 12.6 Å². The third-order valence-electron chi connectivity index (χ3n) is 2.39. The Morgan fingerprint density at radius 2 is 1.78 bits per heavy atom. The molecule has 3 N–H and O–H groups in total. The van der Waals surface area contributed by atoms with Gasteiger partial charge in [-0.05, 0) is 12.8 Å². The third kappa shape index (κ3) is 5.13. The summed E-state index contributed by atoms with van der Waals surface area (Å²) in [5, 5.41) is 14.6. The van der Waals surface area contributed by atoms with E-state index in [2.05, 4.69) is 25.6 Å². The number of nitrogens with one attached hydrogen (secondary N) is 2. The van der Waals surface area contributed by atoms with E-state index in [1.54, 1.807) is 7.05 Å². The number of aromatic nitrogens is 3. The summed E-state index contributed by atoms with van der Waals surface area (Å²) in [6.07, 6.45) is 4.00. The molecule has 0 spiro atoms.